The van der Waals surface area contributed by atoms with Gasteiger partial charge in [-0.1, -0.05) is 132 Å². The molecule has 1 unspecified atom stereocenters. The summed E-state index contributed by atoms with van der Waals surface area (Å²) < 4.78 is 98.6. The summed E-state index contributed by atoms with van der Waals surface area (Å²) in [7, 11) is -14.1. The molecule has 0 saturated heterocycles. The quantitative estimate of drug-likeness (QED) is 0.0243. The summed E-state index contributed by atoms with van der Waals surface area (Å²) in [4.78, 5) is 82.6. The van der Waals surface area contributed by atoms with Gasteiger partial charge >= 0.3 is 91.6 Å². The normalized spacial score (nSPS) is 13.8. The lowest BCUT2D eigenvalue weighted by molar-refractivity contribution is 0.0680. The van der Waals surface area contributed by atoms with Crippen molar-refractivity contribution in [3.63, 3.8) is 0 Å². The number of aromatic carboxylic acids is 7. The van der Waals surface area contributed by atoms with Gasteiger partial charge in [0.2, 0.25) is 20.0 Å². The van der Waals surface area contributed by atoms with Crippen LogP contribution >= 0.6 is 0 Å². The summed E-state index contributed by atoms with van der Waals surface area (Å²) in [6, 6.07) is 23.1. The fourth-order valence-electron chi connectivity index (χ4n) is 13.5. The maximum atomic E-state index is 13.3. The van der Waals surface area contributed by atoms with E-state index in [4.69, 9.17) is 47.9 Å². The number of fused-ring (bicyclic) bond motifs is 7. The molecule has 0 aromatic heterocycles. The van der Waals surface area contributed by atoms with E-state index in [1.807, 2.05) is 38.1 Å². The van der Waals surface area contributed by atoms with Crippen molar-refractivity contribution in [2.45, 2.75) is 181 Å². The van der Waals surface area contributed by atoms with E-state index in [9.17, 15) is 115 Å². The highest BCUT2D eigenvalue weighted by Gasteiger charge is 2.37. The number of aryl methyl sites for hydroxylation is 9. The van der Waals surface area contributed by atoms with E-state index in [1.165, 1.54) is 37.4 Å². The van der Waals surface area contributed by atoms with Crippen molar-refractivity contribution in [2.24, 2.45) is 4.99 Å². The number of nitrogens with zero attached hydrogens (tertiary/aromatic N) is 1. The van der Waals surface area contributed by atoms with Crippen molar-refractivity contribution in [1.82, 2.24) is 0 Å². The monoisotopic (exact) mass is 1830 g/mol. The lowest BCUT2D eigenvalue weighted by Gasteiger charge is -2.23. The van der Waals surface area contributed by atoms with Gasteiger partial charge in [0, 0.05) is 29.4 Å². The van der Waals surface area contributed by atoms with Crippen LogP contribution in [0.5, 0.6) is 40.2 Å². The number of sulfonamides is 2. The molecule has 14 rings (SSSR count). The molecule has 128 heavy (non-hydrogen) atoms. The van der Waals surface area contributed by atoms with Gasteiger partial charge in [0.05, 0.1) is 23.9 Å². The molecule has 0 amide bonds. The third-order valence-electron chi connectivity index (χ3n) is 19.1. The summed E-state index contributed by atoms with van der Waals surface area (Å²) in [5, 5.41) is 139. The number of anilines is 2. The first-order valence-electron chi connectivity index (χ1n) is 37.5. The van der Waals surface area contributed by atoms with E-state index in [0.29, 0.717) is 147 Å². The van der Waals surface area contributed by atoms with Gasteiger partial charge in [-0.3, -0.25) is 14.4 Å². The number of hydrogen-bond donors (Lipinski definition) is 17. The first-order valence-corrected chi connectivity index (χ1v) is 41.3. The van der Waals surface area contributed by atoms with Crippen molar-refractivity contribution < 1.29 is 163 Å². The van der Waals surface area contributed by atoms with Crippen LogP contribution in [0, 0.1) is 6.92 Å². The van der Waals surface area contributed by atoms with Crippen LogP contribution in [-0.2, 0) is 71.4 Å². The number of carbonyl (C=O) groups is 7. The third kappa shape index (κ3) is 29.7. The minimum absolute atomic E-state index is 0. The van der Waals surface area contributed by atoms with E-state index < -0.39 is 118 Å². The van der Waals surface area contributed by atoms with Crippen molar-refractivity contribution in [2.75, 3.05) is 28.5 Å². The average molecular weight is 1830 g/mol. The van der Waals surface area contributed by atoms with Gasteiger partial charge in [0.25, 0.3) is 0 Å². The SMILES string of the molecule is C.C.C.C.C.C.C.C=C(O)c1ccc2c(c1C(=O)O)OB(O)CC2.CC(F)c1ccc2c(c1C(=O)O)OB(O)CC2.CCN=Cc1ccc2c(c1C(=O)O)OB(O)CC2.CCc1ccc2c(c1C(=O)O)OB(O)CC2.CS(=O)(=O)Nc1ccc2c(c1C(=O)O)OB(O)CC2.CS(=O)(=O)Nc1ccc2c(c1C(=O)O)OB(O)CC2.Cc1ccc2c(c1C(=O)O)OB(O)CC2. The highest BCUT2D eigenvalue weighted by molar-refractivity contribution is 7.92. The molecule has 0 fully saturated rings. The van der Waals surface area contributed by atoms with E-state index in [1.54, 1.807) is 43.3 Å². The van der Waals surface area contributed by atoms with Crippen molar-refractivity contribution in [1.29, 1.82) is 0 Å². The number of carboxylic acids is 7. The Morgan fingerprint density at radius 3 is 0.961 bits per heavy atom. The number of alkyl halides is 1. The molecule has 0 saturated carbocycles. The predicted octanol–water partition coefficient (Wildman–Crippen LogP) is 11.7. The lowest BCUT2D eigenvalue weighted by Crippen LogP contribution is -2.28. The van der Waals surface area contributed by atoms with E-state index in [-0.39, 0.29) is 148 Å². The molecule has 0 spiro atoms. The predicted molar refractivity (Wildman–Crippen MR) is 491 cm³/mol. The molecule has 0 bridgehead atoms. The summed E-state index contributed by atoms with van der Waals surface area (Å²) in [6.45, 7) is 10.6. The Hall–Kier alpha value is -11.8. The Balaban J connectivity index is 0.000000741. The minimum atomic E-state index is -3.60. The molecule has 46 heteroatoms. The van der Waals surface area contributed by atoms with Crippen LogP contribution in [0.25, 0.3) is 5.76 Å². The number of benzene rings is 7. The molecule has 0 radical (unpaired) electrons. The second kappa shape index (κ2) is 50.1. The average Bonchev–Trinajstić information content (AvgIpc) is 0.805. The molecule has 17 N–H and O–H groups in total. The van der Waals surface area contributed by atoms with Crippen molar-refractivity contribution >= 4 is 135 Å². The maximum absolute atomic E-state index is 13.3. The van der Waals surface area contributed by atoms with Crippen LogP contribution in [0.15, 0.2) is 96.5 Å². The van der Waals surface area contributed by atoms with Gasteiger partial charge in [0.15, 0.2) is 0 Å². The van der Waals surface area contributed by atoms with Crippen LogP contribution in [-0.4, -0.2) is 210 Å². The summed E-state index contributed by atoms with van der Waals surface area (Å²) in [5.41, 5.74) is 6.57. The van der Waals surface area contributed by atoms with Crippen LogP contribution in [0.1, 0.15) is 218 Å². The van der Waals surface area contributed by atoms with Crippen LogP contribution in [0.2, 0.25) is 44.2 Å². The van der Waals surface area contributed by atoms with Crippen LogP contribution in [0.4, 0.5) is 15.8 Å². The van der Waals surface area contributed by atoms with Gasteiger partial charge in [0.1, 0.15) is 91.1 Å². The first kappa shape index (κ1) is 114. The number of carboxylic acid groups (broad SMARTS) is 7. The smallest absolute Gasteiger partial charge is 0.522 e. The molecule has 7 aromatic rings. The molecule has 1 atom stereocenters. The Labute approximate surface area is 746 Å². The van der Waals surface area contributed by atoms with Gasteiger partial charge in [-0.2, -0.15) is 0 Å². The lowest BCUT2D eigenvalue weighted by atomic mass is 9.77. The summed E-state index contributed by atoms with van der Waals surface area (Å²) in [5.74, 6) is -7.37. The van der Waals surface area contributed by atoms with Gasteiger partial charge in [-0.15, -0.1) is 0 Å². The third-order valence-corrected chi connectivity index (χ3v) is 20.2. The Morgan fingerprint density at radius 2 is 0.664 bits per heavy atom. The van der Waals surface area contributed by atoms with E-state index >= 15 is 0 Å². The Morgan fingerprint density at radius 1 is 0.398 bits per heavy atom. The molecule has 7 aliphatic heterocycles. The number of nitrogens with one attached hydrogen (secondary N) is 2. The zero-order chi connectivity index (χ0) is 89.4. The van der Waals surface area contributed by atoms with Crippen LogP contribution in [0.3, 0.4) is 0 Å². The van der Waals surface area contributed by atoms with E-state index in [2.05, 4.69) is 21.0 Å². The number of hydrogen-bond acceptors (Lipinski definition) is 27. The fourth-order valence-corrected chi connectivity index (χ4v) is 14.6. The number of rotatable bonds is 16. The zero-order valence-electron chi connectivity index (χ0n) is 66.0. The van der Waals surface area contributed by atoms with Gasteiger partial charge < -0.3 is 109 Å². The molecule has 694 valence electrons. The highest BCUT2D eigenvalue weighted by atomic mass is 32.2. The molecule has 0 aliphatic carbocycles. The standard InChI is InChI=1S/C12H14BNO4.C11H12BFO4.C11H11BO5.C11H13BO4.2C10H12BNO6S.C10H11BO4.7CH4/c1-2-14-7-9-4-3-8-5-6-13(17)18-11(8)10(9)12(15)16;2*1-6(13)8-3-2-7-4-5-12(16)17-10(7)9(8)11(14)15;1-2-7-3-4-8-5-6-12(15)16-10(8)9(7)11(13)14;2*1-19(16,17)12-7-3-2-6-4-5-11(15)18-9(6)8(7)10(13)14;1-6-2-3-7-4-5-11(14)15-9(7)8(6)10(12)13;;;;;;;/h3-4,7,17H,2,5-6H2,1H3,(H,15,16);2-3,6,16H,4-5H2,1H3,(H,14,15);2-3,13,16H,1,4-5H2,(H,14,15);3-4,15H,2,5-6H2,1H3,(H,13,14);2*2-3,12,15H,4-5H2,1H3,(H,13,14);2-3,14H,4-5H2,1H3,(H,12,13);7*1H4. The molecular weight excluding hydrogens is 1710 g/mol. The largest absolute Gasteiger partial charge is 0.535 e. The number of aliphatic hydroxyl groups is 1. The van der Waals surface area contributed by atoms with Crippen LogP contribution < -0.4 is 42.0 Å². The van der Waals surface area contributed by atoms with Gasteiger partial charge in [-0.05, 0) is 185 Å². The molecule has 36 nitrogen and oxygen atoms in total. The zero-order valence-corrected chi connectivity index (χ0v) is 67.6. The molecular formula is C82H113B7FN3O33S2. The van der Waals surface area contributed by atoms with E-state index in [0.717, 1.165) is 34.8 Å². The second-order valence-electron chi connectivity index (χ2n) is 28.0. The summed E-state index contributed by atoms with van der Waals surface area (Å²) in [6.07, 6.45) is 9.59. The Bertz CT molecular complexity index is 5290. The fraction of sp³-hybridized carbons (Fsp3) is 0.366. The number of aliphatic imine (C=N–C) groups is 1. The maximum Gasteiger partial charge on any atom is 0.522 e. The van der Waals surface area contributed by atoms with Crippen molar-refractivity contribution in [3.05, 3.63) is 197 Å². The molecule has 7 aromatic carbocycles. The first-order chi connectivity index (χ1) is 56.9. The summed E-state index contributed by atoms with van der Waals surface area (Å²) >= 11 is 0. The Kier molecular flexibility index (Phi) is 44.7. The number of halogens is 1. The van der Waals surface area contributed by atoms with Gasteiger partial charge in [-0.25, -0.2) is 54.8 Å². The topological polar surface area (TPSA) is 592 Å². The molecule has 7 heterocycles. The number of aliphatic hydroxyl groups excluding tert-OH is 1. The highest BCUT2D eigenvalue weighted by Crippen LogP contribution is 2.42. The minimum Gasteiger partial charge on any atom is -0.535 e. The molecule has 7 aliphatic rings. The second-order valence-corrected chi connectivity index (χ2v) is 31.5. The van der Waals surface area contributed by atoms with Crippen molar-refractivity contribution in [3.8, 4) is 40.2 Å².